The number of benzene rings is 2. The zero-order valence-corrected chi connectivity index (χ0v) is 14.3. The molecule has 2 N–H and O–H groups in total. The molecule has 0 aliphatic rings. The predicted molar refractivity (Wildman–Crippen MR) is 95.8 cm³/mol. The summed E-state index contributed by atoms with van der Waals surface area (Å²) in [5.74, 6) is 0.149. The molecule has 126 valence electrons. The molecule has 1 amide bonds. The first-order chi connectivity index (χ1) is 11.5. The van der Waals surface area contributed by atoms with Crippen LogP contribution in [0.5, 0.6) is 0 Å². The number of rotatable bonds is 7. The first kappa shape index (κ1) is 17.9. The molecule has 0 heterocycles. The molecule has 0 unspecified atom stereocenters. The molecule has 0 atom stereocenters. The van der Waals surface area contributed by atoms with E-state index in [0.717, 1.165) is 24.0 Å². The molecule has 4 nitrogen and oxygen atoms in total. The van der Waals surface area contributed by atoms with Gasteiger partial charge in [-0.15, -0.1) is 0 Å². The lowest BCUT2D eigenvalue weighted by Crippen LogP contribution is -2.21. The van der Waals surface area contributed by atoms with E-state index in [1.165, 1.54) is 0 Å². The van der Waals surface area contributed by atoms with E-state index >= 15 is 0 Å². The normalized spacial score (nSPS) is 10.5. The molecule has 0 fully saturated rings. The summed E-state index contributed by atoms with van der Waals surface area (Å²) in [4.78, 5) is 25.6. The molecule has 0 radical (unpaired) electrons. The Bertz CT molecular complexity index is 689. The predicted octanol–water partition coefficient (Wildman–Crippen LogP) is 2.79. The third-order valence-electron chi connectivity index (χ3n) is 4.02. The highest BCUT2D eigenvalue weighted by Gasteiger charge is 2.09. The average molecular weight is 324 g/mol. The van der Waals surface area contributed by atoms with Crippen LogP contribution in [-0.2, 0) is 17.8 Å². The third kappa shape index (κ3) is 4.77. The lowest BCUT2D eigenvalue weighted by molar-refractivity contribution is -0.128. The minimum atomic E-state index is 0.00732. The molecule has 0 bridgehead atoms. The molecule has 0 saturated carbocycles. The highest BCUT2D eigenvalue weighted by Crippen LogP contribution is 2.14. The van der Waals surface area contributed by atoms with Gasteiger partial charge in [-0.05, 0) is 24.0 Å². The van der Waals surface area contributed by atoms with Crippen LogP contribution in [0.15, 0.2) is 48.5 Å². The molecule has 4 heteroatoms. The summed E-state index contributed by atoms with van der Waals surface area (Å²) in [6.45, 7) is 0.472. The van der Waals surface area contributed by atoms with Crippen LogP contribution < -0.4 is 5.73 Å². The first-order valence-electron chi connectivity index (χ1n) is 8.14. The van der Waals surface area contributed by atoms with Gasteiger partial charge >= 0.3 is 0 Å². The molecule has 0 aliphatic heterocycles. The van der Waals surface area contributed by atoms with Crippen molar-refractivity contribution in [2.75, 3.05) is 14.1 Å². The van der Waals surface area contributed by atoms with E-state index in [-0.39, 0.29) is 11.7 Å². The summed E-state index contributed by atoms with van der Waals surface area (Å²) in [5.41, 5.74) is 9.05. The van der Waals surface area contributed by atoms with Gasteiger partial charge in [-0.3, -0.25) is 9.59 Å². The SMILES string of the molecule is CN(C)C(=O)CCCc1ccc(C(=O)c2ccc(CN)cc2)cc1. The van der Waals surface area contributed by atoms with Crippen LogP contribution in [0.1, 0.15) is 39.9 Å². The highest BCUT2D eigenvalue weighted by molar-refractivity contribution is 6.08. The van der Waals surface area contributed by atoms with E-state index in [1.807, 2.05) is 48.5 Å². The zero-order valence-electron chi connectivity index (χ0n) is 14.3. The van der Waals surface area contributed by atoms with E-state index in [2.05, 4.69) is 0 Å². The number of carbonyl (C=O) groups is 2. The second-order valence-corrected chi connectivity index (χ2v) is 6.07. The average Bonchev–Trinajstić information content (AvgIpc) is 2.61. The highest BCUT2D eigenvalue weighted by atomic mass is 16.2. The Morgan fingerprint density at radius 1 is 0.875 bits per heavy atom. The number of hydrogen-bond donors (Lipinski definition) is 1. The summed E-state index contributed by atoms with van der Waals surface area (Å²) in [6, 6.07) is 15.0. The maximum absolute atomic E-state index is 12.5. The Hall–Kier alpha value is -2.46. The van der Waals surface area contributed by atoms with Crippen molar-refractivity contribution in [3.05, 3.63) is 70.8 Å². The Balaban J connectivity index is 1.95. The molecule has 24 heavy (non-hydrogen) atoms. The van der Waals surface area contributed by atoms with Gasteiger partial charge in [-0.2, -0.15) is 0 Å². The Labute approximate surface area is 143 Å². The molecule has 2 aromatic rings. The second kappa shape index (κ2) is 8.41. The van der Waals surface area contributed by atoms with Gasteiger partial charge in [0.1, 0.15) is 0 Å². The van der Waals surface area contributed by atoms with E-state index in [1.54, 1.807) is 19.0 Å². The molecule has 0 saturated heterocycles. The molecule has 0 aliphatic carbocycles. The monoisotopic (exact) mass is 324 g/mol. The van der Waals surface area contributed by atoms with Gasteiger partial charge in [0, 0.05) is 38.2 Å². The molecular weight excluding hydrogens is 300 g/mol. The van der Waals surface area contributed by atoms with E-state index in [9.17, 15) is 9.59 Å². The van der Waals surface area contributed by atoms with Crippen LogP contribution in [0.4, 0.5) is 0 Å². The Morgan fingerprint density at radius 3 is 1.83 bits per heavy atom. The summed E-state index contributed by atoms with van der Waals surface area (Å²) in [5, 5.41) is 0. The minimum Gasteiger partial charge on any atom is -0.349 e. The summed E-state index contributed by atoms with van der Waals surface area (Å²) >= 11 is 0. The zero-order chi connectivity index (χ0) is 17.5. The molecule has 0 aromatic heterocycles. The standard InChI is InChI=1S/C20H24N2O2/c1-22(2)19(23)5-3-4-15-6-10-17(11-7-15)20(24)18-12-8-16(14-21)9-13-18/h6-13H,3-5,14,21H2,1-2H3. The van der Waals surface area contributed by atoms with Crippen molar-refractivity contribution in [3.8, 4) is 0 Å². The van der Waals surface area contributed by atoms with E-state index in [4.69, 9.17) is 5.73 Å². The number of ketones is 1. The fourth-order valence-electron chi connectivity index (χ4n) is 2.45. The van der Waals surface area contributed by atoms with Crippen LogP contribution >= 0.6 is 0 Å². The fourth-order valence-corrected chi connectivity index (χ4v) is 2.45. The van der Waals surface area contributed by atoms with Crippen LogP contribution in [0.3, 0.4) is 0 Å². The van der Waals surface area contributed by atoms with Crippen LogP contribution in [0.2, 0.25) is 0 Å². The summed E-state index contributed by atoms with van der Waals surface area (Å²) < 4.78 is 0. The largest absolute Gasteiger partial charge is 0.349 e. The summed E-state index contributed by atoms with van der Waals surface area (Å²) in [7, 11) is 3.53. The molecular formula is C20H24N2O2. The fraction of sp³-hybridized carbons (Fsp3) is 0.300. The number of hydrogen-bond acceptors (Lipinski definition) is 3. The quantitative estimate of drug-likeness (QED) is 0.797. The lowest BCUT2D eigenvalue weighted by Gasteiger charge is -2.09. The lowest BCUT2D eigenvalue weighted by atomic mass is 9.99. The van der Waals surface area contributed by atoms with Crippen molar-refractivity contribution in [2.45, 2.75) is 25.8 Å². The maximum atomic E-state index is 12.5. The Kier molecular flexibility index (Phi) is 6.27. The van der Waals surface area contributed by atoms with E-state index in [0.29, 0.717) is 24.1 Å². The van der Waals surface area contributed by atoms with Crippen molar-refractivity contribution in [2.24, 2.45) is 5.73 Å². The topological polar surface area (TPSA) is 63.4 Å². The van der Waals surface area contributed by atoms with Crippen LogP contribution in [-0.4, -0.2) is 30.7 Å². The van der Waals surface area contributed by atoms with Crippen molar-refractivity contribution in [3.63, 3.8) is 0 Å². The van der Waals surface area contributed by atoms with Gasteiger partial charge in [-0.1, -0.05) is 48.5 Å². The first-order valence-corrected chi connectivity index (χ1v) is 8.14. The van der Waals surface area contributed by atoms with Crippen molar-refractivity contribution < 1.29 is 9.59 Å². The smallest absolute Gasteiger partial charge is 0.222 e. The van der Waals surface area contributed by atoms with Gasteiger partial charge in [0.05, 0.1) is 0 Å². The third-order valence-corrected chi connectivity index (χ3v) is 4.02. The minimum absolute atomic E-state index is 0.00732. The van der Waals surface area contributed by atoms with Gasteiger partial charge in [0.2, 0.25) is 5.91 Å². The van der Waals surface area contributed by atoms with Crippen molar-refractivity contribution in [1.29, 1.82) is 0 Å². The van der Waals surface area contributed by atoms with Crippen molar-refractivity contribution in [1.82, 2.24) is 4.90 Å². The number of nitrogens with two attached hydrogens (primary N) is 1. The number of nitrogens with zero attached hydrogens (tertiary/aromatic N) is 1. The van der Waals surface area contributed by atoms with Gasteiger partial charge < -0.3 is 10.6 Å². The van der Waals surface area contributed by atoms with Gasteiger partial charge in [0.25, 0.3) is 0 Å². The number of carbonyl (C=O) groups excluding carboxylic acids is 2. The molecule has 2 rings (SSSR count). The van der Waals surface area contributed by atoms with Gasteiger partial charge in [0.15, 0.2) is 5.78 Å². The molecule has 2 aromatic carbocycles. The van der Waals surface area contributed by atoms with Crippen LogP contribution in [0, 0.1) is 0 Å². The number of aryl methyl sites for hydroxylation is 1. The maximum Gasteiger partial charge on any atom is 0.222 e. The summed E-state index contributed by atoms with van der Waals surface area (Å²) in [6.07, 6.45) is 2.19. The Morgan fingerprint density at radius 2 is 1.38 bits per heavy atom. The van der Waals surface area contributed by atoms with Crippen LogP contribution in [0.25, 0.3) is 0 Å². The molecule has 0 spiro atoms. The number of amides is 1. The van der Waals surface area contributed by atoms with Gasteiger partial charge in [-0.25, -0.2) is 0 Å². The van der Waals surface area contributed by atoms with Crippen molar-refractivity contribution >= 4 is 11.7 Å². The second-order valence-electron chi connectivity index (χ2n) is 6.07. The van der Waals surface area contributed by atoms with E-state index < -0.39 is 0 Å².